The molecule has 0 aromatic heterocycles. The molecule has 0 amide bonds. The summed E-state index contributed by atoms with van der Waals surface area (Å²) in [5.74, 6) is 0. The fraction of sp³-hybridized carbons (Fsp3) is 1.00. The van der Waals surface area contributed by atoms with E-state index in [0.29, 0.717) is 26.1 Å². The summed E-state index contributed by atoms with van der Waals surface area (Å²) in [6.45, 7) is 3.16. The quantitative estimate of drug-likeness (QED) is 0.338. The highest BCUT2D eigenvalue weighted by Crippen LogP contribution is 2.18. The molecule has 0 saturated carbocycles. The van der Waals surface area contributed by atoms with Gasteiger partial charge in [0.05, 0.1) is 6.10 Å². The average molecular weight is 248 g/mol. The Hall–Kier alpha value is -0.280. The molecule has 1 rings (SSSR count). The highest BCUT2D eigenvalue weighted by Gasteiger charge is 2.34. The van der Waals surface area contributed by atoms with Crippen LogP contribution in [0.3, 0.4) is 0 Å². The first-order valence-electron chi connectivity index (χ1n) is 5.98. The maximum atomic E-state index is 9.47. The van der Waals surface area contributed by atoms with E-state index in [0.717, 1.165) is 13.1 Å². The van der Waals surface area contributed by atoms with Crippen molar-refractivity contribution < 1.29 is 14.9 Å². The lowest BCUT2D eigenvalue weighted by Crippen LogP contribution is -2.55. The van der Waals surface area contributed by atoms with Crippen LogP contribution in [-0.2, 0) is 4.74 Å². The summed E-state index contributed by atoms with van der Waals surface area (Å²) in [7, 11) is 0. The molecular weight excluding hydrogens is 224 g/mol. The highest BCUT2D eigenvalue weighted by molar-refractivity contribution is 4.85. The molecule has 7 nitrogen and oxygen atoms in total. The zero-order chi connectivity index (χ0) is 12.8. The van der Waals surface area contributed by atoms with E-state index in [-0.39, 0.29) is 6.10 Å². The topological polar surface area (TPSA) is 131 Å². The van der Waals surface area contributed by atoms with Gasteiger partial charge in [-0.1, -0.05) is 0 Å². The van der Waals surface area contributed by atoms with Gasteiger partial charge in [-0.2, -0.15) is 0 Å². The number of hydrogen-bond acceptors (Lipinski definition) is 7. The summed E-state index contributed by atoms with van der Waals surface area (Å²) < 4.78 is 5.29. The van der Waals surface area contributed by atoms with Gasteiger partial charge in [0.2, 0.25) is 0 Å². The van der Waals surface area contributed by atoms with E-state index in [1.807, 2.05) is 0 Å². The molecule has 4 atom stereocenters. The molecule has 1 saturated heterocycles. The SMILES string of the molecule is NCCN(CCN)C[C@@H]1CC(N)C(O)[C@H](O)O1. The molecule has 0 radical (unpaired) electrons. The molecule has 102 valence electrons. The van der Waals surface area contributed by atoms with Crippen LogP contribution in [0.25, 0.3) is 0 Å². The molecular formula is C10H24N4O3. The van der Waals surface area contributed by atoms with E-state index in [1.165, 1.54) is 0 Å². The normalized spacial score (nSPS) is 34.2. The lowest BCUT2D eigenvalue weighted by Gasteiger charge is -2.37. The molecule has 0 aromatic rings. The van der Waals surface area contributed by atoms with Crippen LogP contribution in [0.15, 0.2) is 0 Å². The summed E-state index contributed by atoms with van der Waals surface area (Å²) in [5, 5.41) is 18.9. The number of nitrogens with zero attached hydrogens (tertiary/aromatic N) is 1. The Morgan fingerprint density at radius 3 is 2.24 bits per heavy atom. The van der Waals surface area contributed by atoms with E-state index in [2.05, 4.69) is 4.90 Å². The Labute approximate surface area is 101 Å². The Morgan fingerprint density at radius 2 is 1.76 bits per heavy atom. The number of hydrogen-bond donors (Lipinski definition) is 5. The average Bonchev–Trinajstić information content (AvgIpc) is 2.26. The lowest BCUT2D eigenvalue weighted by atomic mass is 10.00. The maximum Gasteiger partial charge on any atom is 0.182 e. The first-order valence-corrected chi connectivity index (χ1v) is 5.98. The summed E-state index contributed by atoms with van der Waals surface area (Å²) in [5.41, 5.74) is 16.7. The van der Waals surface area contributed by atoms with Crippen LogP contribution >= 0.6 is 0 Å². The monoisotopic (exact) mass is 248 g/mol. The number of aliphatic hydroxyl groups excluding tert-OH is 2. The van der Waals surface area contributed by atoms with Crippen LogP contribution in [0, 0.1) is 0 Å². The van der Waals surface area contributed by atoms with Crippen LogP contribution in [0.5, 0.6) is 0 Å². The standard InChI is InChI=1S/C10H24N4O3/c11-1-3-14(4-2-12)6-7-5-8(13)9(15)10(16)17-7/h7-10,15-16H,1-6,11-13H2/t7-,8?,9?,10+/m0/s1. The van der Waals surface area contributed by atoms with Crippen LogP contribution in [0.1, 0.15) is 6.42 Å². The molecule has 2 unspecified atom stereocenters. The van der Waals surface area contributed by atoms with E-state index >= 15 is 0 Å². The van der Waals surface area contributed by atoms with Gasteiger partial charge in [0.25, 0.3) is 0 Å². The number of nitrogens with two attached hydrogens (primary N) is 3. The lowest BCUT2D eigenvalue weighted by molar-refractivity contribution is -0.223. The van der Waals surface area contributed by atoms with E-state index < -0.39 is 18.4 Å². The number of aliphatic hydroxyl groups is 2. The first kappa shape index (κ1) is 14.8. The van der Waals surface area contributed by atoms with Crippen LogP contribution < -0.4 is 17.2 Å². The summed E-state index contributed by atoms with van der Waals surface area (Å²) in [6.07, 6.45) is -1.89. The minimum absolute atomic E-state index is 0.193. The van der Waals surface area contributed by atoms with Gasteiger partial charge < -0.3 is 32.2 Å². The molecule has 0 aliphatic carbocycles. The molecule has 8 N–H and O–H groups in total. The van der Waals surface area contributed by atoms with Crippen LogP contribution in [0.2, 0.25) is 0 Å². The van der Waals surface area contributed by atoms with Crippen molar-refractivity contribution in [2.45, 2.75) is 31.0 Å². The van der Waals surface area contributed by atoms with Gasteiger partial charge >= 0.3 is 0 Å². The molecule has 17 heavy (non-hydrogen) atoms. The smallest absolute Gasteiger partial charge is 0.182 e. The van der Waals surface area contributed by atoms with Gasteiger partial charge in [-0.05, 0) is 6.42 Å². The number of ether oxygens (including phenoxy) is 1. The van der Waals surface area contributed by atoms with Crippen molar-refractivity contribution in [3.05, 3.63) is 0 Å². The van der Waals surface area contributed by atoms with Gasteiger partial charge in [-0.15, -0.1) is 0 Å². The van der Waals surface area contributed by atoms with Crippen LogP contribution in [0.4, 0.5) is 0 Å². The molecule has 0 spiro atoms. The summed E-state index contributed by atoms with van der Waals surface area (Å²) in [4.78, 5) is 2.07. The second-order valence-corrected chi connectivity index (χ2v) is 4.42. The van der Waals surface area contributed by atoms with Crippen molar-refractivity contribution in [3.8, 4) is 0 Å². The minimum Gasteiger partial charge on any atom is -0.386 e. The number of rotatable bonds is 6. The Kier molecular flexibility index (Phi) is 6.28. The highest BCUT2D eigenvalue weighted by atomic mass is 16.6. The Balaban J connectivity index is 2.44. The van der Waals surface area contributed by atoms with Gasteiger partial charge in [0.15, 0.2) is 6.29 Å². The minimum atomic E-state index is -1.21. The second kappa shape index (κ2) is 7.22. The van der Waals surface area contributed by atoms with Gasteiger partial charge in [0, 0.05) is 38.8 Å². The predicted octanol–water partition coefficient (Wildman–Crippen LogP) is -3.00. The van der Waals surface area contributed by atoms with E-state index in [4.69, 9.17) is 21.9 Å². The maximum absolute atomic E-state index is 9.47. The van der Waals surface area contributed by atoms with Crippen molar-refractivity contribution in [3.63, 3.8) is 0 Å². The zero-order valence-corrected chi connectivity index (χ0v) is 10.0. The van der Waals surface area contributed by atoms with Crippen molar-refractivity contribution in [1.82, 2.24) is 4.90 Å². The van der Waals surface area contributed by atoms with E-state index in [1.54, 1.807) is 0 Å². The zero-order valence-electron chi connectivity index (χ0n) is 10.0. The fourth-order valence-corrected chi connectivity index (χ4v) is 2.05. The molecule has 7 heteroatoms. The van der Waals surface area contributed by atoms with Gasteiger partial charge in [-0.3, -0.25) is 4.90 Å². The third kappa shape index (κ3) is 4.47. The summed E-state index contributed by atoms with van der Waals surface area (Å²) >= 11 is 0. The molecule has 0 bridgehead atoms. The van der Waals surface area contributed by atoms with Crippen molar-refractivity contribution in [2.24, 2.45) is 17.2 Å². The molecule has 1 heterocycles. The summed E-state index contributed by atoms with van der Waals surface area (Å²) in [6, 6.07) is -0.457. The van der Waals surface area contributed by atoms with Crippen molar-refractivity contribution in [1.29, 1.82) is 0 Å². The predicted molar refractivity (Wildman–Crippen MR) is 64.0 cm³/mol. The third-order valence-corrected chi connectivity index (χ3v) is 2.95. The molecule has 1 aliphatic rings. The second-order valence-electron chi connectivity index (χ2n) is 4.42. The van der Waals surface area contributed by atoms with Crippen molar-refractivity contribution >= 4 is 0 Å². The largest absolute Gasteiger partial charge is 0.386 e. The molecule has 1 aliphatic heterocycles. The molecule has 0 aromatic carbocycles. The van der Waals surface area contributed by atoms with Gasteiger partial charge in [0.1, 0.15) is 6.10 Å². The van der Waals surface area contributed by atoms with E-state index in [9.17, 15) is 10.2 Å². The fourth-order valence-electron chi connectivity index (χ4n) is 2.05. The van der Waals surface area contributed by atoms with Crippen molar-refractivity contribution in [2.75, 3.05) is 32.7 Å². The third-order valence-electron chi connectivity index (χ3n) is 2.95. The van der Waals surface area contributed by atoms with Gasteiger partial charge in [-0.25, -0.2) is 0 Å². The Bertz CT molecular complexity index is 202. The first-order chi connectivity index (χ1) is 8.08. The Morgan fingerprint density at radius 1 is 1.18 bits per heavy atom. The molecule has 1 fully saturated rings. The van der Waals surface area contributed by atoms with Crippen LogP contribution in [-0.4, -0.2) is 72.4 Å².